The van der Waals surface area contributed by atoms with Crippen LogP contribution in [0.3, 0.4) is 0 Å². The van der Waals surface area contributed by atoms with E-state index in [-0.39, 0.29) is 11.6 Å². The molecule has 0 aromatic heterocycles. The second-order valence-electron chi connectivity index (χ2n) is 6.74. The number of carbonyl (C=O) groups is 1. The maximum Gasteiger partial charge on any atom is 0.269 e. The number of hydrogen-bond donors (Lipinski definition) is 0. The molecule has 8 heteroatoms. The Morgan fingerprint density at radius 2 is 1.62 bits per heavy atom. The van der Waals surface area contributed by atoms with Crippen LogP contribution in [0.2, 0.25) is 5.02 Å². The van der Waals surface area contributed by atoms with Crippen molar-refractivity contribution in [1.29, 1.82) is 0 Å². The monoisotopic (exact) mass is 372 g/mol. The molecule has 0 radical (unpaired) electrons. The number of rotatable bonds is 4. The number of benzene rings is 2. The lowest BCUT2D eigenvalue weighted by Gasteiger charge is -2.57. The van der Waals surface area contributed by atoms with Crippen LogP contribution in [0.25, 0.3) is 0 Å². The van der Waals surface area contributed by atoms with Gasteiger partial charge in [0, 0.05) is 22.8 Å². The Hall–Kier alpha value is -2.80. The van der Waals surface area contributed by atoms with Crippen molar-refractivity contribution in [3.05, 3.63) is 63.7 Å². The van der Waals surface area contributed by atoms with Crippen LogP contribution >= 0.6 is 11.6 Å². The van der Waals surface area contributed by atoms with Gasteiger partial charge in [-0.05, 0) is 57.2 Å². The zero-order chi connectivity index (χ0) is 19.1. The van der Waals surface area contributed by atoms with Crippen LogP contribution in [0.1, 0.15) is 20.8 Å². The molecule has 0 spiro atoms. The summed E-state index contributed by atoms with van der Waals surface area (Å²) in [7, 11) is 0. The number of carbonyl (C=O) groups excluding carboxylic acids is 1. The molecule has 7 nitrogen and oxygen atoms in total. The second kappa shape index (κ2) is 6.17. The third-order valence-corrected chi connectivity index (χ3v) is 5.11. The predicted octanol–water partition coefficient (Wildman–Crippen LogP) is 5.12. The first-order valence-electron chi connectivity index (χ1n) is 7.94. The molecule has 1 fully saturated rings. The van der Waals surface area contributed by atoms with Crippen LogP contribution < -0.4 is 4.90 Å². The number of azo groups is 1. The second-order valence-corrected chi connectivity index (χ2v) is 7.17. The van der Waals surface area contributed by atoms with Crippen molar-refractivity contribution in [3.8, 4) is 0 Å². The lowest BCUT2D eigenvalue weighted by atomic mass is 9.69. The molecule has 0 N–H and O–H groups in total. The standard InChI is InChI=1S/C18H17ClN4O3/c1-17(2)16(24)22(14-8-4-12(19)5-9-14)18(17,3)21-20-13-6-10-15(11-7-13)23(25)26/h4-11H,1-3H3. The van der Waals surface area contributed by atoms with Gasteiger partial charge in [0.2, 0.25) is 5.91 Å². The van der Waals surface area contributed by atoms with Gasteiger partial charge in [0.05, 0.1) is 16.0 Å². The number of nitro groups is 1. The van der Waals surface area contributed by atoms with E-state index in [1.165, 1.54) is 24.3 Å². The summed E-state index contributed by atoms with van der Waals surface area (Å²) in [6, 6.07) is 12.7. The molecular weight excluding hydrogens is 356 g/mol. The van der Waals surface area contributed by atoms with Gasteiger partial charge in [0.1, 0.15) is 0 Å². The SMILES string of the molecule is CC1(C)C(=O)N(c2ccc(Cl)cc2)C1(C)N=Nc1ccc([N+](=O)[O-])cc1. The molecule has 1 atom stereocenters. The van der Waals surface area contributed by atoms with E-state index in [1.54, 1.807) is 29.2 Å². The highest BCUT2D eigenvalue weighted by Gasteiger charge is 2.65. The molecule has 26 heavy (non-hydrogen) atoms. The Morgan fingerprint density at radius 3 is 2.15 bits per heavy atom. The Kier molecular flexibility index (Phi) is 4.28. The Labute approximate surface area is 155 Å². The summed E-state index contributed by atoms with van der Waals surface area (Å²) in [5.74, 6) is -0.0648. The molecule has 1 unspecified atom stereocenters. The average molecular weight is 373 g/mol. The molecular formula is C18H17ClN4O3. The molecule has 0 saturated carbocycles. The molecule has 2 aromatic carbocycles. The van der Waals surface area contributed by atoms with E-state index in [0.717, 1.165) is 0 Å². The number of nitro benzene ring substituents is 1. The summed E-state index contributed by atoms with van der Waals surface area (Å²) < 4.78 is 0. The minimum atomic E-state index is -0.889. The van der Waals surface area contributed by atoms with E-state index in [1.807, 2.05) is 20.8 Å². The number of halogens is 1. The fourth-order valence-electron chi connectivity index (χ4n) is 2.83. The first-order valence-corrected chi connectivity index (χ1v) is 8.32. The minimum Gasteiger partial charge on any atom is -0.284 e. The van der Waals surface area contributed by atoms with Crippen LogP contribution in [-0.4, -0.2) is 16.5 Å². The average Bonchev–Trinajstić information content (AvgIpc) is 2.62. The van der Waals surface area contributed by atoms with E-state index < -0.39 is 16.0 Å². The third kappa shape index (κ3) is 2.74. The zero-order valence-corrected chi connectivity index (χ0v) is 15.3. The first kappa shape index (κ1) is 18.0. The van der Waals surface area contributed by atoms with Gasteiger partial charge in [-0.15, -0.1) is 0 Å². The van der Waals surface area contributed by atoms with Crippen molar-refractivity contribution < 1.29 is 9.72 Å². The molecule has 1 aliphatic rings. The predicted molar refractivity (Wildman–Crippen MR) is 98.7 cm³/mol. The summed E-state index contributed by atoms with van der Waals surface area (Å²) in [4.78, 5) is 24.5. The highest BCUT2D eigenvalue weighted by molar-refractivity contribution is 6.30. The van der Waals surface area contributed by atoms with Gasteiger partial charge < -0.3 is 0 Å². The van der Waals surface area contributed by atoms with Gasteiger partial charge in [-0.3, -0.25) is 19.8 Å². The van der Waals surface area contributed by atoms with E-state index in [2.05, 4.69) is 10.2 Å². The van der Waals surface area contributed by atoms with Gasteiger partial charge in [-0.2, -0.15) is 10.2 Å². The van der Waals surface area contributed by atoms with Gasteiger partial charge in [0.15, 0.2) is 5.66 Å². The van der Waals surface area contributed by atoms with Crippen LogP contribution in [0.4, 0.5) is 17.1 Å². The molecule has 2 aromatic rings. The maximum atomic E-state index is 12.6. The van der Waals surface area contributed by atoms with E-state index in [9.17, 15) is 14.9 Å². The Balaban J connectivity index is 1.92. The highest BCUT2D eigenvalue weighted by Crippen LogP contribution is 2.51. The molecule has 134 valence electrons. The van der Waals surface area contributed by atoms with Crippen molar-refractivity contribution in [1.82, 2.24) is 0 Å². The molecule has 1 saturated heterocycles. The quantitative estimate of drug-likeness (QED) is 0.323. The van der Waals surface area contributed by atoms with Gasteiger partial charge in [0.25, 0.3) is 5.69 Å². The van der Waals surface area contributed by atoms with Crippen LogP contribution in [-0.2, 0) is 4.79 Å². The molecule has 0 bridgehead atoms. The van der Waals surface area contributed by atoms with Crippen molar-refractivity contribution in [3.63, 3.8) is 0 Å². The largest absolute Gasteiger partial charge is 0.284 e. The van der Waals surface area contributed by atoms with Gasteiger partial charge in [-0.25, -0.2) is 0 Å². The first-order chi connectivity index (χ1) is 12.2. The molecule has 3 rings (SSSR count). The van der Waals surface area contributed by atoms with Crippen molar-refractivity contribution in [2.75, 3.05) is 4.90 Å². The van der Waals surface area contributed by atoms with Crippen molar-refractivity contribution in [2.45, 2.75) is 26.4 Å². The number of non-ortho nitro benzene ring substituents is 1. The summed E-state index contributed by atoms with van der Waals surface area (Å²) in [6.07, 6.45) is 0. The van der Waals surface area contributed by atoms with Crippen LogP contribution in [0.5, 0.6) is 0 Å². The van der Waals surface area contributed by atoms with Gasteiger partial charge >= 0.3 is 0 Å². The summed E-state index contributed by atoms with van der Waals surface area (Å²) in [5.41, 5.74) is -0.486. The number of hydrogen-bond acceptors (Lipinski definition) is 5. The number of amides is 1. The van der Waals surface area contributed by atoms with Crippen LogP contribution in [0.15, 0.2) is 58.8 Å². The van der Waals surface area contributed by atoms with E-state index in [0.29, 0.717) is 16.4 Å². The maximum absolute atomic E-state index is 12.6. The number of β-lactam (4-membered cyclic amide) rings is 1. The topological polar surface area (TPSA) is 88.2 Å². The fraction of sp³-hybridized carbons (Fsp3) is 0.278. The lowest BCUT2D eigenvalue weighted by Crippen LogP contribution is -2.74. The highest BCUT2D eigenvalue weighted by atomic mass is 35.5. The summed E-state index contributed by atoms with van der Waals surface area (Å²) in [5, 5.41) is 19.9. The number of nitrogens with zero attached hydrogens (tertiary/aromatic N) is 4. The summed E-state index contributed by atoms with van der Waals surface area (Å²) in [6.45, 7) is 5.46. The van der Waals surface area contributed by atoms with E-state index in [4.69, 9.17) is 11.6 Å². The summed E-state index contributed by atoms with van der Waals surface area (Å²) >= 11 is 5.92. The van der Waals surface area contributed by atoms with Crippen LogP contribution in [0, 0.1) is 15.5 Å². The molecule has 1 amide bonds. The van der Waals surface area contributed by atoms with Crippen molar-refractivity contribution in [2.24, 2.45) is 15.6 Å². The third-order valence-electron chi connectivity index (χ3n) is 4.86. The molecule has 1 heterocycles. The fourth-order valence-corrected chi connectivity index (χ4v) is 2.96. The zero-order valence-electron chi connectivity index (χ0n) is 14.5. The normalized spacial score (nSPS) is 21.7. The molecule has 0 aliphatic carbocycles. The minimum absolute atomic E-state index is 0.0166. The lowest BCUT2D eigenvalue weighted by molar-refractivity contribution is -0.384. The van der Waals surface area contributed by atoms with Gasteiger partial charge in [-0.1, -0.05) is 11.6 Å². The van der Waals surface area contributed by atoms with E-state index >= 15 is 0 Å². The smallest absolute Gasteiger partial charge is 0.269 e. The number of anilines is 1. The molecule has 1 aliphatic heterocycles. The Morgan fingerprint density at radius 1 is 1.04 bits per heavy atom. The Bertz CT molecular complexity index is 894. The van der Waals surface area contributed by atoms with Crippen molar-refractivity contribution >= 4 is 34.6 Å².